The number of amides is 2. The SMILES string of the molecule is CC(C)CC#Cc1cnc2c(c1)C(=O)N([C@H](C)CO)C[C@H](C)[C@H](CN(C)C(=O)c1cnccn1)O2. The number of likely N-dealkylation sites (N-methyl/N-ethyl adjacent to an activating group) is 1. The first-order chi connectivity index (χ1) is 16.7. The van der Waals surface area contributed by atoms with Gasteiger partial charge in [-0.3, -0.25) is 14.6 Å². The van der Waals surface area contributed by atoms with E-state index in [2.05, 4.69) is 40.6 Å². The van der Waals surface area contributed by atoms with Gasteiger partial charge in [0.1, 0.15) is 17.4 Å². The minimum Gasteiger partial charge on any atom is -0.472 e. The number of pyridine rings is 1. The molecule has 3 rings (SSSR count). The molecule has 2 amide bonds. The number of aliphatic hydroxyl groups excluding tert-OH is 1. The van der Waals surface area contributed by atoms with Gasteiger partial charge >= 0.3 is 0 Å². The molecular formula is C26H33N5O4. The number of carbonyl (C=O) groups is 2. The molecule has 186 valence electrons. The molecule has 0 radical (unpaired) electrons. The van der Waals surface area contributed by atoms with E-state index in [1.165, 1.54) is 23.5 Å². The maximum atomic E-state index is 13.5. The number of fused-ring (bicyclic) bond motifs is 1. The number of aliphatic hydroxyl groups is 1. The van der Waals surface area contributed by atoms with E-state index in [9.17, 15) is 14.7 Å². The van der Waals surface area contributed by atoms with Gasteiger partial charge in [-0.05, 0) is 18.9 Å². The fourth-order valence-electron chi connectivity index (χ4n) is 3.70. The highest BCUT2D eigenvalue weighted by atomic mass is 16.5. The van der Waals surface area contributed by atoms with Crippen molar-refractivity contribution in [2.75, 3.05) is 26.7 Å². The highest BCUT2D eigenvalue weighted by Gasteiger charge is 2.34. The molecular weight excluding hydrogens is 446 g/mol. The van der Waals surface area contributed by atoms with Crippen molar-refractivity contribution in [3.63, 3.8) is 0 Å². The van der Waals surface area contributed by atoms with Crippen molar-refractivity contribution in [3.05, 3.63) is 47.7 Å². The van der Waals surface area contributed by atoms with E-state index >= 15 is 0 Å². The van der Waals surface area contributed by atoms with Crippen molar-refractivity contribution in [1.29, 1.82) is 0 Å². The third-order valence-electron chi connectivity index (χ3n) is 5.85. The monoisotopic (exact) mass is 479 g/mol. The third-order valence-corrected chi connectivity index (χ3v) is 5.85. The average molecular weight is 480 g/mol. The summed E-state index contributed by atoms with van der Waals surface area (Å²) in [5, 5.41) is 9.81. The van der Waals surface area contributed by atoms with Crippen LogP contribution in [0.5, 0.6) is 5.88 Å². The quantitative estimate of drug-likeness (QED) is 0.633. The van der Waals surface area contributed by atoms with Crippen LogP contribution in [0, 0.1) is 23.7 Å². The summed E-state index contributed by atoms with van der Waals surface area (Å²) < 4.78 is 6.24. The van der Waals surface area contributed by atoms with Gasteiger partial charge in [0.25, 0.3) is 11.8 Å². The van der Waals surface area contributed by atoms with Crippen LogP contribution in [0.4, 0.5) is 0 Å². The molecule has 1 aliphatic heterocycles. The minimum absolute atomic E-state index is 0.148. The van der Waals surface area contributed by atoms with Gasteiger partial charge in [-0.15, -0.1) is 0 Å². The molecule has 0 fully saturated rings. The Labute approximate surface area is 206 Å². The third kappa shape index (κ3) is 6.55. The van der Waals surface area contributed by atoms with Crippen LogP contribution in [-0.4, -0.2) is 80.6 Å². The largest absolute Gasteiger partial charge is 0.472 e. The van der Waals surface area contributed by atoms with Crippen LogP contribution in [0.2, 0.25) is 0 Å². The smallest absolute Gasteiger partial charge is 0.273 e. The Bertz CT molecular complexity index is 1100. The van der Waals surface area contributed by atoms with Crippen LogP contribution in [0.3, 0.4) is 0 Å². The molecule has 0 aromatic carbocycles. The summed E-state index contributed by atoms with van der Waals surface area (Å²) in [7, 11) is 1.67. The Balaban J connectivity index is 1.93. The van der Waals surface area contributed by atoms with Crippen LogP contribution in [0.1, 0.15) is 60.5 Å². The summed E-state index contributed by atoms with van der Waals surface area (Å²) in [5.74, 6) is 6.12. The standard InChI is InChI=1S/C26H33N5O4/c1-17(2)7-6-8-20-11-21-24(29-12-20)35-23(18(3)14-31(25(21)33)19(4)16-32)15-30(5)26(34)22-13-27-9-10-28-22/h9-13,17-19,23,32H,7,14-16H2,1-5H3/t18-,19+,23-/m0/s1. The first-order valence-corrected chi connectivity index (χ1v) is 11.8. The van der Waals surface area contributed by atoms with E-state index in [1.807, 2.05) is 6.92 Å². The predicted molar refractivity (Wildman–Crippen MR) is 131 cm³/mol. The second kappa shape index (κ2) is 11.8. The van der Waals surface area contributed by atoms with Crippen LogP contribution < -0.4 is 4.74 Å². The van der Waals surface area contributed by atoms with Gasteiger partial charge in [-0.1, -0.05) is 32.6 Å². The minimum atomic E-state index is -0.453. The summed E-state index contributed by atoms with van der Waals surface area (Å²) in [6, 6.07) is 1.29. The molecule has 2 aromatic heterocycles. The topological polar surface area (TPSA) is 109 Å². The molecule has 0 spiro atoms. The Morgan fingerprint density at radius 1 is 1.29 bits per heavy atom. The van der Waals surface area contributed by atoms with Gasteiger partial charge in [0.05, 0.1) is 25.4 Å². The second-order valence-electron chi connectivity index (χ2n) is 9.38. The van der Waals surface area contributed by atoms with Crippen molar-refractivity contribution in [2.45, 2.75) is 46.3 Å². The lowest BCUT2D eigenvalue weighted by atomic mass is 9.99. The summed E-state index contributed by atoms with van der Waals surface area (Å²) >= 11 is 0. The molecule has 3 atom stereocenters. The molecule has 0 bridgehead atoms. The molecule has 2 aromatic rings. The zero-order valence-electron chi connectivity index (χ0n) is 20.9. The van der Waals surface area contributed by atoms with Crippen molar-refractivity contribution < 1.29 is 19.4 Å². The van der Waals surface area contributed by atoms with Crippen LogP contribution in [0.15, 0.2) is 30.9 Å². The van der Waals surface area contributed by atoms with E-state index in [4.69, 9.17) is 4.74 Å². The number of rotatable bonds is 6. The molecule has 0 unspecified atom stereocenters. The highest BCUT2D eigenvalue weighted by Crippen LogP contribution is 2.27. The number of ether oxygens (including phenoxy) is 1. The summed E-state index contributed by atoms with van der Waals surface area (Å²) in [5.41, 5.74) is 1.15. The molecule has 0 saturated heterocycles. The van der Waals surface area contributed by atoms with Gasteiger partial charge < -0.3 is 19.6 Å². The summed E-state index contributed by atoms with van der Waals surface area (Å²) in [6.45, 7) is 8.35. The summed E-state index contributed by atoms with van der Waals surface area (Å²) in [4.78, 5) is 41.9. The molecule has 1 aliphatic rings. The Morgan fingerprint density at radius 2 is 2.06 bits per heavy atom. The van der Waals surface area contributed by atoms with Crippen LogP contribution in [0.25, 0.3) is 0 Å². The first kappa shape index (κ1) is 26.1. The lowest BCUT2D eigenvalue weighted by molar-refractivity contribution is 0.0312. The summed E-state index contributed by atoms with van der Waals surface area (Å²) in [6.07, 6.45) is 6.28. The second-order valence-corrected chi connectivity index (χ2v) is 9.38. The van der Waals surface area contributed by atoms with Gasteiger partial charge in [0.15, 0.2) is 0 Å². The van der Waals surface area contributed by atoms with E-state index in [0.717, 1.165) is 6.42 Å². The van der Waals surface area contributed by atoms with E-state index in [-0.39, 0.29) is 42.5 Å². The zero-order chi connectivity index (χ0) is 25.5. The molecule has 0 aliphatic carbocycles. The molecule has 9 nitrogen and oxygen atoms in total. The Kier molecular flexibility index (Phi) is 8.77. The van der Waals surface area contributed by atoms with Gasteiger partial charge in [0, 0.05) is 50.1 Å². The van der Waals surface area contributed by atoms with Crippen molar-refractivity contribution in [3.8, 4) is 17.7 Å². The maximum absolute atomic E-state index is 13.5. The zero-order valence-corrected chi connectivity index (χ0v) is 20.9. The first-order valence-electron chi connectivity index (χ1n) is 11.8. The number of hydrogen-bond acceptors (Lipinski definition) is 7. The van der Waals surface area contributed by atoms with Gasteiger partial charge in [-0.2, -0.15) is 0 Å². The molecule has 35 heavy (non-hydrogen) atoms. The lowest BCUT2D eigenvalue weighted by Gasteiger charge is -2.37. The lowest BCUT2D eigenvalue weighted by Crippen LogP contribution is -2.50. The molecule has 0 saturated carbocycles. The maximum Gasteiger partial charge on any atom is 0.273 e. The average Bonchev–Trinajstić information content (AvgIpc) is 2.85. The normalized spacial score (nSPS) is 18.5. The molecule has 3 heterocycles. The number of nitrogens with zero attached hydrogens (tertiary/aromatic N) is 5. The van der Waals surface area contributed by atoms with Crippen molar-refractivity contribution in [2.24, 2.45) is 11.8 Å². The predicted octanol–water partition coefficient (Wildman–Crippen LogP) is 2.26. The van der Waals surface area contributed by atoms with Crippen molar-refractivity contribution >= 4 is 11.8 Å². The van der Waals surface area contributed by atoms with Gasteiger partial charge in [-0.25, -0.2) is 9.97 Å². The van der Waals surface area contributed by atoms with Gasteiger partial charge in [0.2, 0.25) is 5.88 Å². The highest BCUT2D eigenvalue weighted by molar-refractivity contribution is 5.97. The fourth-order valence-corrected chi connectivity index (χ4v) is 3.70. The Hall–Kier alpha value is -3.51. The molecule has 1 N–H and O–H groups in total. The van der Waals surface area contributed by atoms with E-state index in [0.29, 0.717) is 23.6 Å². The van der Waals surface area contributed by atoms with Crippen LogP contribution in [-0.2, 0) is 0 Å². The molecule has 9 heteroatoms. The van der Waals surface area contributed by atoms with E-state index < -0.39 is 12.1 Å². The Morgan fingerprint density at radius 3 is 2.71 bits per heavy atom. The fraction of sp³-hybridized carbons (Fsp3) is 0.500. The number of aromatic nitrogens is 3. The number of hydrogen-bond donors (Lipinski definition) is 1. The van der Waals surface area contributed by atoms with Crippen molar-refractivity contribution in [1.82, 2.24) is 24.8 Å². The number of carbonyl (C=O) groups excluding carboxylic acids is 2. The van der Waals surface area contributed by atoms with Crippen LogP contribution >= 0.6 is 0 Å². The van der Waals surface area contributed by atoms with E-state index in [1.54, 1.807) is 31.1 Å².